The van der Waals surface area contributed by atoms with E-state index in [0.29, 0.717) is 27.9 Å². The van der Waals surface area contributed by atoms with Gasteiger partial charge in [0.1, 0.15) is 11.5 Å². The minimum Gasteiger partial charge on any atom is -0.361 e. The van der Waals surface area contributed by atoms with Crippen LogP contribution in [0.15, 0.2) is 53.2 Å². The number of halogens is 1. The van der Waals surface area contributed by atoms with Crippen LogP contribution in [0.25, 0.3) is 17.1 Å². The number of nitrogens with one attached hydrogen (secondary N) is 1. The summed E-state index contributed by atoms with van der Waals surface area (Å²) < 4.78 is 6.67. The zero-order chi connectivity index (χ0) is 20.4. The molecule has 0 saturated heterocycles. The van der Waals surface area contributed by atoms with Crippen molar-refractivity contribution < 1.29 is 9.32 Å². The van der Waals surface area contributed by atoms with Crippen LogP contribution in [0, 0.1) is 13.8 Å². The average Bonchev–Trinajstić information content (AvgIpc) is 3.31. The van der Waals surface area contributed by atoms with E-state index >= 15 is 0 Å². The monoisotopic (exact) mass is 408 g/mol. The lowest BCUT2D eigenvalue weighted by Gasteiger charge is -2.09. The molecule has 3 heterocycles. The van der Waals surface area contributed by atoms with Crippen LogP contribution < -0.4 is 5.32 Å². The van der Waals surface area contributed by atoms with Crippen molar-refractivity contribution in [3.63, 3.8) is 0 Å². The largest absolute Gasteiger partial charge is 0.361 e. The molecule has 1 amide bonds. The number of hydrogen-bond donors (Lipinski definition) is 1. The highest BCUT2D eigenvalue weighted by molar-refractivity contribution is 6.32. The van der Waals surface area contributed by atoms with E-state index in [4.69, 9.17) is 16.1 Å². The summed E-state index contributed by atoms with van der Waals surface area (Å²) >= 11 is 6.34. The first-order valence-electron chi connectivity index (χ1n) is 8.88. The summed E-state index contributed by atoms with van der Waals surface area (Å²) in [5, 5.41) is 15.5. The Labute approximate surface area is 171 Å². The normalized spacial score (nSPS) is 10.9. The van der Waals surface area contributed by atoms with Crippen LogP contribution in [0.4, 0.5) is 0 Å². The van der Waals surface area contributed by atoms with Gasteiger partial charge in [0, 0.05) is 18.3 Å². The molecule has 8 nitrogen and oxygen atoms in total. The average molecular weight is 409 g/mol. The van der Waals surface area contributed by atoms with Crippen molar-refractivity contribution in [3.05, 3.63) is 76.4 Å². The van der Waals surface area contributed by atoms with E-state index < -0.39 is 0 Å². The Morgan fingerprint density at radius 3 is 2.66 bits per heavy atom. The van der Waals surface area contributed by atoms with Crippen molar-refractivity contribution in [1.29, 1.82) is 0 Å². The first kappa shape index (κ1) is 18.8. The molecular formula is C20H17ClN6O2. The maximum atomic E-state index is 12.9. The van der Waals surface area contributed by atoms with Gasteiger partial charge in [-0.3, -0.25) is 9.78 Å². The molecule has 0 aliphatic carbocycles. The molecule has 3 aromatic heterocycles. The quantitative estimate of drug-likeness (QED) is 0.542. The Kier molecular flexibility index (Phi) is 5.09. The third-order valence-corrected chi connectivity index (χ3v) is 4.80. The fourth-order valence-electron chi connectivity index (χ4n) is 2.97. The fraction of sp³-hybridized carbons (Fsp3) is 0.150. The SMILES string of the molecule is Cc1noc(C)c1CNC(=O)c1nnn(-c2ccccc2Cl)c1-c1ccccn1. The second-order valence-corrected chi connectivity index (χ2v) is 6.76. The van der Waals surface area contributed by atoms with Gasteiger partial charge < -0.3 is 9.84 Å². The van der Waals surface area contributed by atoms with Gasteiger partial charge in [-0.25, -0.2) is 4.68 Å². The molecular weight excluding hydrogens is 392 g/mol. The number of hydrogen-bond acceptors (Lipinski definition) is 6. The van der Waals surface area contributed by atoms with Crippen molar-refractivity contribution in [2.45, 2.75) is 20.4 Å². The van der Waals surface area contributed by atoms with Gasteiger partial charge in [0.05, 0.1) is 22.1 Å². The highest BCUT2D eigenvalue weighted by Gasteiger charge is 2.24. The molecule has 146 valence electrons. The van der Waals surface area contributed by atoms with E-state index in [2.05, 4.69) is 25.8 Å². The molecule has 29 heavy (non-hydrogen) atoms. The summed E-state index contributed by atoms with van der Waals surface area (Å²) in [6.45, 7) is 3.89. The van der Waals surface area contributed by atoms with Gasteiger partial charge in [0.25, 0.3) is 5.91 Å². The number of aromatic nitrogens is 5. The van der Waals surface area contributed by atoms with Crippen LogP contribution in [0.2, 0.25) is 5.02 Å². The van der Waals surface area contributed by atoms with E-state index in [1.54, 1.807) is 37.4 Å². The standard InChI is InChI=1S/C20H17ClN6O2/c1-12-14(13(2)29-25-12)11-23-20(28)18-19(16-8-5-6-10-22-16)27(26-24-18)17-9-4-3-7-15(17)21/h3-10H,11H2,1-2H3,(H,23,28). The van der Waals surface area contributed by atoms with Crippen LogP contribution in [-0.2, 0) is 6.54 Å². The molecule has 9 heteroatoms. The highest BCUT2D eigenvalue weighted by Crippen LogP contribution is 2.27. The van der Waals surface area contributed by atoms with Crippen LogP contribution in [-0.4, -0.2) is 31.0 Å². The van der Waals surface area contributed by atoms with Crippen molar-refractivity contribution in [1.82, 2.24) is 30.5 Å². The zero-order valence-corrected chi connectivity index (χ0v) is 16.5. The summed E-state index contributed by atoms with van der Waals surface area (Å²) in [5.41, 5.74) is 3.32. The summed E-state index contributed by atoms with van der Waals surface area (Å²) in [6.07, 6.45) is 1.64. The van der Waals surface area contributed by atoms with E-state index in [0.717, 1.165) is 11.3 Å². The van der Waals surface area contributed by atoms with Crippen molar-refractivity contribution in [2.24, 2.45) is 0 Å². The number of benzene rings is 1. The molecule has 4 rings (SSSR count). The molecule has 1 N–H and O–H groups in total. The molecule has 0 radical (unpaired) electrons. The third-order valence-electron chi connectivity index (χ3n) is 4.48. The van der Waals surface area contributed by atoms with Gasteiger partial charge in [0.15, 0.2) is 5.69 Å². The van der Waals surface area contributed by atoms with Gasteiger partial charge in [-0.1, -0.05) is 40.2 Å². The second kappa shape index (κ2) is 7.84. The topological polar surface area (TPSA) is 98.7 Å². The van der Waals surface area contributed by atoms with Gasteiger partial charge in [0.2, 0.25) is 0 Å². The van der Waals surface area contributed by atoms with Crippen LogP contribution in [0.3, 0.4) is 0 Å². The molecule has 0 saturated carbocycles. The predicted octanol–water partition coefficient (Wildman–Crippen LogP) is 3.52. The fourth-order valence-corrected chi connectivity index (χ4v) is 3.18. The van der Waals surface area contributed by atoms with Crippen LogP contribution in [0.1, 0.15) is 27.5 Å². The number of para-hydroxylation sites is 1. The summed E-state index contributed by atoms with van der Waals surface area (Å²) in [7, 11) is 0. The van der Waals surface area contributed by atoms with E-state index in [9.17, 15) is 4.79 Å². The zero-order valence-electron chi connectivity index (χ0n) is 15.8. The number of aryl methyl sites for hydroxylation is 2. The molecule has 0 bridgehead atoms. The number of nitrogens with zero attached hydrogens (tertiary/aromatic N) is 5. The van der Waals surface area contributed by atoms with Gasteiger partial charge in [-0.15, -0.1) is 5.10 Å². The third kappa shape index (κ3) is 3.62. The highest BCUT2D eigenvalue weighted by atomic mass is 35.5. The minimum absolute atomic E-state index is 0.148. The Balaban J connectivity index is 1.74. The van der Waals surface area contributed by atoms with Gasteiger partial charge in [-0.05, 0) is 38.1 Å². The van der Waals surface area contributed by atoms with E-state index in [-0.39, 0.29) is 18.1 Å². The molecule has 0 fully saturated rings. The Bertz CT molecular complexity index is 1150. The van der Waals surface area contributed by atoms with Crippen molar-refractivity contribution in [2.75, 3.05) is 0 Å². The molecule has 0 spiro atoms. The number of amides is 1. The first-order chi connectivity index (χ1) is 14.1. The van der Waals surface area contributed by atoms with E-state index in [1.807, 2.05) is 25.1 Å². The summed E-state index contributed by atoms with van der Waals surface area (Å²) in [4.78, 5) is 17.3. The number of pyridine rings is 1. The number of rotatable bonds is 5. The van der Waals surface area contributed by atoms with Crippen LogP contribution >= 0.6 is 11.6 Å². The number of carbonyl (C=O) groups excluding carboxylic acids is 1. The summed E-state index contributed by atoms with van der Waals surface area (Å²) in [5.74, 6) is 0.274. The molecule has 0 aliphatic heterocycles. The number of carbonyl (C=O) groups is 1. The Hall–Kier alpha value is -3.52. The van der Waals surface area contributed by atoms with Gasteiger partial charge >= 0.3 is 0 Å². The molecule has 0 atom stereocenters. The van der Waals surface area contributed by atoms with Crippen molar-refractivity contribution in [3.8, 4) is 17.1 Å². The van der Waals surface area contributed by atoms with Gasteiger partial charge in [-0.2, -0.15) is 0 Å². The van der Waals surface area contributed by atoms with Crippen LogP contribution in [0.5, 0.6) is 0 Å². The van der Waals surface area contributed by atoms with E-state index in [1.165, 1.54) is 4.68 Å². The maximum Gasteiger partial charge on any atom is 0.274 e. The lowest BCUT2D eigenvalue weighted by molar-refractivity contribution is 0.0946. The Morgan fingerprint density at radius 2 is 1.97 bits per heavy atom. The molecule has 1 aromatic carbocycles. The lowest BCUT2D eigenvalue weighted by atomic mass is 10.1. The lowest BCUT2D eigenvalue weighted by Crippen LogP contribution is -2.24. The molecule has 0 aliphatic rings. The second-order valence-electron chi connectivity index (χ2n) is 6.35. The summed E-state index contributed by atoms with van der Waals surface area (Å²) in [6, 6.07) is 12.6. The molecule has 0 unspecified atom stereocenters. The van der Waals surface area contributed by atoms with Crippen molar-refractivity contribution >= 4 is 17.5 Å². The predicted molar refractivity (Wildman–Crippen MR) is 107 cm³/mol. The smallest absolute Gasteiger partial charge is 0.274 e. The first-order valence-corrected chi connectivity index (χ1v) is 9.26. The maximum absolute atomic E-state index is 12.9. The minimum atomic E-state index is -0.385. The Morgan fingerprint density at radius 1 is 1.17 bits per heavy atom. The molecule has 4 aromatic rings.